The maximum Gasteiger partial charge on any atom is 0.0701 e. The fourth-order valence-electron chi connectivity index (χ4n) is 3.94. The number of aliphatic hydroxyl groups excluding tert-OH is 1. The Morgan fingerprint density at radius 1 is 0.350 bits per heavy atom. The van der Waals surface area contributed by atoms with Crippen molar-refractivity contribution in [1.29, 1.82) is 0 Å². The Labute approximate surface area is 246 Å². The smallest absolute Gasteiger partial charge is 0.0701 e. The molecule has 0 aliphatic carbocycles. The second kappa shape index (κ2) is 38.4. The van der Waals surface area contributed by atoms with Gasteiger partial charge < -0.3 is 38.3 Å². The lowest BCUT2D eigenvalue weighted by Crippen LogP contribution is -2.14. The van der Waals surface area contributed by atoms with Crippen LogP contribution in [0.25, 0.3) is 0 Å². The van der Waals surface area contributed by atoms with Gasteiger partial charge in [-0.25, -0.2) is 0 Å². The van der Waals surface area contributed by atoms with Crippen LogP contribution < -0.4 is 0 Å². The molecule has 0 saturated heterocycles. The number of hydrogen-bond donors (Lipinski definition) is 1. The SMILES string of the molecule is CCCCCCCC/C=C/CCCCCCCCOCCOCCOCCOCCOCCOCCOCCO. The first-order valence-electron chi connectivity index (χ1n) is 16.2. The van der Waals surface area contributed by atoms with Crippen molar-refractivity contribution >= 4 is 0 Å². The molecule has 0 aliphatic heterocycles. The monoisotopic (exact) mass is 576 g/mol. The van der Waals surface area contributed by atoms with Gasteiger partial charge in [-0.05, 0) is 32.1 Å². The quantitative estimate of drug-likeness (QED) is 0.0704. The van der Waals surface area contributed by atoms with E-state index in [1.807, 2.05) is 0 Å². The summed E-state index contributed by atoms with van der Waals surface area (Å²) < 4.78 is 38.0. The third kappa shape index (κ3) is 37.4. The van der Waals surface area contributed by atoms with Gasteiger partial charge in [0.15, 0.2) is 0 Å². The number of aliphatic hydroxyl groups is 1. The molecule has 0 aromatic heterocycles. The molecule has 8 nitrogen and oxygen atoms in total. The first-order valence-corrected chi connectivity index (χ1v) is 16.2. The van der Waals surface area contributed by atoms with E-state index in [0.717, 1.165) is 13.0 Å². The van der Waals surface area contributed by atoms with Crippen LogP contribution >= 0.6 is 0 Å². The molecule has 0 spiro atoms. The lowest BCUT2D eigenvalue weighted by Gasteiger charge is -2.08. The minimum absolute atomic E-state index is 0.0376. The molecule has 0 unspecified atom stereocenters. The molecular weight excluding hydrogens is 512 g/mol. The average Bonchev–Trinajstić information content (AvgIpc) is 2.97. The van der Waals surface area contributed by atoms with E-state index in [9.17, 15) is 0 Å². The first-order chi connectivity index (χ1) is 19.9. The van der Waals surface area contributed by atoms with Crippen molar-refractivity contribution in [2.24, 2.45) is 0 Å². The second-order valence-corrected chi connectivity index (χ2v) is 9.95. The molecule has 0 aliphatic rings. The fraction of sp³-hybridized carbons (Fsp3) is 0.938. The normalized spacial score (nSPS) is 11.8. The summed E-state index contributed by atoms with van der Waals surface area (Å²) in [5.41, 5.74) is 0. The average molecular weight is 577 g/mol. The van der Waals surface area contributed by atoms with Gasteiger partial charge in [-0.2, -0.15) is 0 Å². The van der Waals surface area contributed by atoms with Crippen LogP contribution in [0.15, 0.2) is 12.2 Å². The van der Waals surface area contributed by atoms with Crippen molar-refractivity contribution < 1.29 is 38.3 Å². The van der Waals surface area contributed by atoms with Gasteiger partial charge >= 0.3 is 0 Å². The summed E-state index contributed by atoms with van der Waals surface area (Å²) in [6.45, 7) is 10.1. The summed E-state index contributed by atoms with van der Waals surface area (Å²) in [6, 6.07) is 0. The van der Waals surface area contributed by atoms with Crippen LogP contribution in [0.4, 0.5) is 0 Å². The Bertz CT molecular complexity index is 464. The number of ether oxygens (including phenoxy) is 7. The predicted molar refractivity (Wildman–Crippen MR) is 162 cm³/mol. The maximum absolute atomic E-state index is 8.57. The largest absolute Gasteiger partial charge is 0.394 e. The zero-order valence-electron chi connectivity index (χ0n) is 26.0. The molecule has 0 fully saturated rings. The summed E-state index contributed by atoms with van der Waals surface area (Å²) in [7, 11) is 0. The Hall–Kier alpha value is -0.580. The molecule has 0 aromatic rings. The highest BCUT2D eigenvalue weighted by Crippen LogP contribution is 2.10. The number of unbranched alkanes of at least 4 members (excludes halogenated alkanes) is 12. The van der Waals surface area contributed by atoms with Crippen molar-refractivity contribution in [2.75, 3.05) is 99.1 Å². The van der Waals surface area contributed by atoms with E-state index in [4.69, 9.17) is 38.3 Å². The molecular formula is C32H64O8. The van der Waals surface area contributed by atoms with Gasteiger partial charge in [-0.1, -0.05) is 76.9 Å². The third-order valence-corrected chi connectivity index (χ3v) is 6.27. The highest BCUT2D eigenvalue weighted by Gasteiger charge is 1.96. The Balaban J connectivity index is 3.05. The molecule has 40 heavy (non-hydrogen) atoms. The lowest BCUT2D eigenvalue weighted by atomic mass is 10.1. The van der Waals surface area contributed by atoms with E-state index in [1.54, 1.807) is 0 Å². The van der Waals surface area contributed by atoms with Crippen molar-refractivity contribution in [1.82, 2.24) is 0 Å². The molecule has 0 heterocycles. The number of allylic oxidation sites excluding steroid dienone is 2. The van der Waals surface area contributed by atoms with E-state index in [-0.39, 0.29) is 6.61 Å². The third-order valence-electron chi connectivity index (χ3n) is 6.27. The highest BCUT2D eigenvalue weighted by atomic mass is 16.6. The van der Waals surface area contributed by atoms with E-state index in [0.29, 0.717) is 85.9 Å². The van der Waals surface area contributed by atoms with Crippen molar-refractivity contribution in [3.05, 3.63) is 12.2 Å². The van der Waals surface area contributed by atoms with E-state index >= 15 is 0 Å². The summed E-state index contributed by atoms with van der Waals surface area (Å²) in [5, 5.41) is 8.57. The molecule has 0 rings (SSSR count). The molecule has 0 bridgehead atoms. The molecule has 0 saturated carbocycles. The van der Waals surface area contributed by atoms with Crippen LogP contribution in [0.2, 0.25) is 0 Å². The molecule has 8 heteroatoms. The molecule has 0 radical (unpaired) electrons. The molecule has 0 atom stereocenters. The van der Waals surface area contributed by atoms with E-state index in [2.05, 4.69) is 19.1 Å². The van der Waals surface area contributed by atoms with Gasteiger partial charge in [0, 0.05) is 6.61 Å². The van der Waals surface area contributed by atoms with Crippen molar-refractivity contribution in [3.8, 4) is 0 Å². The Morgan fingerprint density at radius 2 is 0.650 bits per heavy atom. The molecule has 1 N–H and O–H groups in total. The van der Waals surface area contributed by atoms with Gasteiger partial charge in [-0.15, -0.1) is 0 Å². The lowest BCUT2D eigenvalue weighted by molar-refractivity contribution is -0.0215. The van der Waals surface area contributed by atoms with Gasteiger partial charge in [0.1, 0.15) is 0 Å². The van der Waals surface area contributed by atoms with Crippen LogP contribution in [0, 0.1) is 0 Å². The highest BCUT2D eigenvalue weighted by molar-refractivity contribution is 4.81. The van der Waals surface area contributed by atoms with Gasteiger partial charge in [0.05, 0.1) is 92.5 Å². The maximum atomic E-state index is 8.57. The minimum atomic E-state index is 0.0376. The van der Waals surface area contributed by atoms with Crippen LogP contribution in [0.1, 0.15) is 96.8 Å². The molecule has 0 aromatic carbocycles. The molecule has 0 amide bonds. The van der Waals surface area contributed by atoms with E-state index in [1.165, 1.54) is 83.5 Å². The molecule has 240 valence electrons. The van der Waals surface area contributed by atoms with E-state index < -0.39 is 0 Å². The fourth-order valence-corrected chi connectivity index (χ4v) is 3.94. The zero-order valence-corrected chi connectivity index (χ0v) is 26.0. The van der Waals surface area contributed by atoms with Crippen LogP contribution in [-0.4, -0.2) is 104 Å². The van der Waals surface area contributed by atoms with Gasteiger partial charge in [0.2, 0.25) is 0 Å². The van der Waals surface area contributed by atoms with Crippen molar-refractivity contribution in [3.63, 3.8) is 0 Å². The number of rotatable bonds is 36. The topological polar surface area (TPSA) is 84.8 Å². The predicted octanol–water partition coefficient (Wildman–Crippen LogP) is 6.13. The first kappa shape index (κ1) is 39.4. The van der Waals surface area contributed by atoms with Crippen molar-refractivity contribution in [2.45, 2.75) is 96.8 Å². The van der Waals surface area contributed by atoms with Gasteiger partial charge in [0.25, 0.3) is 0 Å². The standard InChI is InChI=1S/C32H64O8/c1-2-3-4-5-6-7-8-9-10-11-12-13-14-15-16-17-19-34-21-23-36-25-27-38-29-31-40-32-30-39-28-26-37-24-22-35-20-18-33/h9-10,33H,2-8,11-32H2,1H3/b10-9+. The number of hydrogen-bond acceptors (Lipinski definition) is 8. The van der Waals surface area contributed by atoms with Crippen LogP contribution in [0.5, 0.6) is 0 Å². The summed E-state index contributed by atoms with van der Waals surface area (Å²) in [5.74, 6) is 0. The second-order valence-electron chi connectivity index (χ2n) is 9.95. The zero-order chi connectivity index (χ0) is 28.9. The summed E-state index contributed by atoms with van der Waals surface area (Å²) in [6.07, 6.45) is 23.3. The minimum Gasteiger partial charge on any atom is -0.394 e. The Morgan fingerprint density at radius 3 is 1.02 bits per heavy atom. The summed E-state index contributed by atoms with van der Waals surface area (Å²) in [4.78, 5) is 0. The van der Waals surface area contributed by atoms with Gasteiger partial charge in [-0.3, -0.25) is 0 Å². The van der Waals surface area contributed by atoms with Crippen LogP contribution in [0.3, 0.4) is 0 Å². The summed E-state index contributed by atoms with van der Waals surface area (Å²) >= 11 is 0. The van der Waals surface area contributed by atoms with Crippen LogP contribution in [-0.2, 0) is 33.2 Å². The Kier molecular flexibility index (Phi) is 37.9.